The molecule has 0 spiro atoms. The second kappa shape index (κ2) is 11.5. The van der Waals surface area contributed by atoms with Crippen LogP contribution in [0, 0.1) is 5.82 Å². The number of hydrazone groups is 1. The lowest BCUT2D eigenvalue weighted by molar-refractivity contribution is -0.120. The Labute approximate surface area is 186 Å². The van der Waals surface area contributed by atoms with Crippen LogP contribution in [0.2, 0.25) is 0 Å². The Morgan fingerprint density at radius 3 is 2.38 bits per heavy atom. The van der Waals surface area contributed by atoms with Gasteiger partial charge in [-0.25, -0.2) is 9.82 Å². The molecule has 3 rings (SSSR count). The molecule has 0 aliphatic heterocycles. The van der Waals surface area contributed by atoms with Crippen LogP contribution in [0.1, 0.15) is 23.6 Å². The van der Waals surface area contributed by atoms with Crippen LogP contribution in [0.3, 0.4) is 0 Å². The third kappa shape index (κ3) is 6.84. The molecule has 3 aromatic rings. The highest BCUT2D eigenvalue weighted by molar-refractivity contribution is 5.84. The minimum Gasteiger partial charge on any atom is -0.494 e. The van der Waals surface area contributed by atoms with Crippen LogP contribution in [0.15, 0.2) is 71.8 Å². The van der Waals surface area contributed by atoms with Crippen molar-refractivity contribution in [1.29, 1.82) is 0 Å². The van der Waals surface area contributed by atoms with Crippen LogP contribution in [-0.2, 0) is 17.8 Å². The number of carbonyl (C=O) groups is 1. The molecule has 0 atom stereocenters. The second-order valence-electron chi connectivity index (χ2n) is 6.87. The standard InChI is InChI=1S/C25H25FN2O4/c1-3-31-22-11-6-18(7-12-22)15-25(29)28-27-16-20-8-13-23(24(14-20)30-2)32-17-19-4-9-21(26)10-5-19/h4-14,16H,3,15,17H2,1-2H3,(H,28,29)/b27-16-. The topological polar surface area (TPSA) is 69.2 Å². The van der Waals surface area contributed by atoms with Crippen molar-refractivity contribution in [2.24, 2.45) is 5.10 Å². The third-order valence-electron chi connectivity index (χ3n) is 4.50. The Bertz CT molecular complexity index is 1050. The highest BCUT2D eigenvalue weighted by Crippen LogP contribution is 2.28. The van der Waals surface area contributed by atoms with Crippen molar-refractivity contribution in [3.05, 3.63) is 89.2 Å². The molecule has 0 saturated heterocycles. The van der Waals surface area contributed by atoms with Gasteiger partial charge in [0, 0.05) is 0 Å². The third-order valence-corrected chi connectivity index (χ3v) is 4.50. The number of rotatable bonds is 10. The van der Waals surface area contributed by atoms with Crippen molar-refractivity contribution in [3.63, 3.8) is 0 Å². The molecule has 0 radical (unpaired) electrons. The van der Waals surface area contributed by atoms with E-state index in [1.165, 1.54) is 18.3 Å². The molecule has 0 aliphatic rings. The van der Waals surface area contributed by atoms with E-state index in [0.717, 1.165) is 22.4 Å². The number of ether oxygens (including phenoxy) is 3. The first-order valence-electron chi connectivity index (χ1n) is 10.2. The number of methoxy groups -OCH3 is 1. The van der Waals surface area contributed by atoms with Crippen molar-refractivity contribution in [2.45, 2.75) is 20.0 Å². The monoisotopic (exact) mass is 436 g/mol. The molecule has 6 nitrogen and oxygen atoms in total. The van der Waals surface area contributed by atoms with E-state index in [2.05, 4.69) is 10.5 Å². The average Bonchev–Trinajstić information content (AvgIpc) is 2.80. The Hall–Kier alpha value is -3.87. The fourth-order valence-electron chi connectivity index (χ4n) is 2.90. The van der Waals surface area contributed by atoms with E-state index in [0.29, 0.717) is 18.1 Å². The summed E-state index contributed by atoms with van der Waals surface area (Å²) in [6.45, 7) is 2.80. The summed E-state index contributed by atoms with van der Waals surface area (Å²) in [6.07, 6.45) is 1.74. The number of hydrogen-bond acceptors (Lipinski definition) is 5. The lowest BCUT2D eigenvalue weighted by atomic mass is 10.1. The van der Waals surface area contributed by atoms with E-state index >= 15 is 0 Å². The van der Waals surface area contributed by atoms with E-state index in [-0.39, 0.29) is 24.8 Å². The molecule has 1 N–H and O–H groups in total. The molecule has 0 bridgehead atoms. The maximum Gasteiger partial charge on any atom is 0.244 e. The molecular formula is C25H25FN2O4. The summed E-state index contributed by atoms with van der Waals surface area (Å²) in [6, 6.07) is 18.8. The molecule has 0 aliphatic carbocycles. The molecule has 7 heteroatoms. The summed E-state index contributed by atoms with van der Waals surface area (Å²) < 4.78 is 29.6. The smallest absolute Gasteiger partial charge is 0.244 e. The van der Waals surface area contributed by atoms with Gasteiger partial charge in [-0.1, -0.05) is 24.3 Å². The number of benzene rings is 3. The molecule has 166 valence electrons. The number of carbonyl (C=O) groups excluding carboxylic acids is 1. The Morgan fingerprint density at radius 2 is 1.69 bits per heavy atom. The minimum absolute atomic E-state index is 0.212. The van der Waals surface area contributed by atoms with Crippen LogP contribution in [0.4, 0.5) is 4.39 Å². The number of hydrogen-bond donors (Lipinski definition) is 1. The van der Waals surface area contributed by atoms with E-state index in [9.17, 15) is 9.18 Å². The van der Waals surface area contributed by atoms with E-state index in [4.69, 9.17) is 14.2 Å². The fraction of sp³-hybridized carbons (Fsp3) is 0.200. The Kier molecular flexibility index (Phi) is 8.20. The minimum atomic E-state index is -0.290. The van der Waals surface area contributed by atoms with Gasteiger partial charge >= 0.3 is 0 Å². The largest absolute Gasteiger partial charge is 0.494 e. The quantitative estimate of drug-likeness (QED) is 0.375. The fourth-order valence-corrected chi connectivity index (χ4v) is 2.90. The van der Waals surface area contributed by atoms with Gasteiger partial charge in [0.25, 0.3) is 0 Å². The predicted octanol–water partition coefficient (Wildman–Crippen LogP) is 4.50. The normalized spacial score (nSPS) is 10.7. The maximum absolute atomic E-state index is 13.0. The summed E-state index contributed by atoms with van der Waals surface area (Å²) in [5.74, 6) is 1.33. The van der Waals surface area contributed by atoms with Gasteiger partial charge in [0.05, 0.1) is 26.4 Å². The van der Waals surface area contributed by atoms with Gasteiger partial charge in [0.1, 0.15) is 18.2 Å². The summed E-state index contributed by atoms with van der Waals surface area (Å²) in [5, 5.41) is 4.01. The Balaban J connectivity index is 1.53. The van der Waals surface area contributed by atoms with Crippen molar-refractivity contribution >= 4 is 12.1 Å². The van der Waals surface area contributed by atoms with Gasteiger partial charge in [0.15, 0.2) is 11.5 Å². The van der Waals surface area contributed by atoms with Gasteiger partial charge in [0.2, 0.25) is 5.91 Å². The molecule has 0 aromatic heterocycles. The second-order valence-corrected chi connectivity index (χ2v) is 6.87. The molecule has 0 heterocycles. The summed E-state index contributed by atoms with van der Waals surface area (Å²) in [4.78, 5) is 12.1. The van der Waals surface area contributed by atoms with Crippen LogP contribution in [-0.4, -0.2) is 25.8 Å². The molecule has 3 aromatic carbocycles. The predicted molar refractivity (Wildman–Crippen MR) is 121 cm³/mol. The zero-order chi connectivity index (χ0) is 22.8. The van der Waals surface area contributed by atoms with Crippen LogP contribution in [0.5, 0.6) is 17.2 Å². The highest BCUT2D eigenvalue weighted by Gasteiger charge is 2.07. The summed E-state index contributed by atoms with van der Waals surface area (Å²) >= 11 is 0. The van der Waals surface area contributed by atoms with Crippen molar-refractivity contribution in [3.8, 4) is 17.2 Å². The van der Waals surface area contributed by atoms with Crippen LogP contribution >= 0.6 is 0 Å². The molecule has 0 saturated carbocycles. The lowest BCUT2D eigenvalue weighted by Gasteiger charge is -2.11. The van der Waals surface area contributed by atoms with Gasteiger partial charge < -0.3 is 14.2 Å². The first kappa shape index (κ1) is 22.8. The Morgan fingerprint density at radius 1 is 0.969 bits per heavy atom. The van der Waals surface area contributed by atoms with Gasteiger partial charge in [-0.3, -0.25) is 4.79 Å². The van der Waals surface area contributed by atoms with Gasteiger partial charge in [-0.2, -0.15) is 5.10 Å². The number of nitrogens with zero attached hydrogens (tertiary/aromatic N) is 1. The maximum atomic E-state index is 13.0. The molecule has 0 fully saturated rings. The van der Waals surface area contributed by atoms with Gasteiger partial charge in [-0.05, 0) is 66.1 Å². The lowest BCUT2D eigenvalue weighted by Crippen LogP contribution is -2.19. The van der Waals surface area contributed by atoms with Crippen molar-refractivity contribution < 1.29 is 23.4 Å². The van der Waals surface area contributed by atoms with E-state index in [1.54, 1.807) is 37.4 Å². The number of nitrogens with one attached hydrogen (secondary N) is 1. The summed E-state index contributed by atoms with van der Waals surface area (Å²) in [7, 11) is 1.54. The average molecular weight is 436 g/mol. The molecular weight excluding hydrogens is 411 g/mol. The van der Waals surface area contributed by atoms with E-state index in [1.807, 2.05) is 31.2 Å². The SMILES string of the molecule is CCOc1ccc(CC(=O)N/N=C\c2ccc(OCc3ccc(F)cc3)c(OC)c2)cc1. The molecule has 1 amide bonds. The zero-order valence-corrected chi connectivity index (χ0v) is 18.0. The molecule has 0 unspecified atom stereocenters. The number of halogens is 1. The first-order valence-corrected chi connectivity index (χ1v) is 10.2. The number of amides is 1. The van der Waals surface area contributed by atoms with Gasteiger partial charge in [-0.15, -0.1) is 0 Å². The summed E-state index contributed by atoms with van der Waals surface area (Å²) in [5.41, 5.74) is 4.96. The highest BCUT2D eigenvalue weighted by atomic mass is 19.1. The molecule has 32 heavy (non-hydrogen) atoms. The van der Waals surface area contributed by atoms with Crippen LogP contribution in [0.25, 0.3) is 0 Å². The van der Waals surface area contributed by atoms with Crippen molar-refractivity contribution in [2.75, 3.05) is 13.7 Å². The first-order chi connectivity index (χ1) is 15.6. The van der Waals surface area contributed by atoms with E-state index < -0.39 is 0 Å². The van der Waals surface area contributed by atoms with Crippen LogP contribution < -0.4 is 19.6 Å². The zero-order valence-electron chi connectivity index (χ0n) is 18.0. The van der Waals surface area contributed by atoms with Crippen molar-refractivity contribution in [1.82, 2.24) is 5.43 Å².